The molecule has 1 heterocycles. The van der Waals surface area contributed by atoms with Gasteiger partial charge in [-0.15, -0.1) is 0 Å². The largest absolute Gasteiger partial charge is 0.379 e. The van der Waals surface area contributed by atoms with Crippen molar-refractivity contribution in [2.45, 2.75) is 10.3 Å². The van der Waals surface area contributed by atoms with Gasteiger partial charge in [0.15, 0.2) is 0 Å². The summed E-state index contributed by atoms with van der Waals surface area (Å²) in [5.74, 6) is 0. The molecule has 1 aliphatic heterocycles. The molecule has 1 rings (SSSR count). The smallest absolute Gasteiger partial charge is 0.0660 e. The molecule has 0 aromatic heterocycles. The van der Waals surface area contributed by atoms with Crippen LogP contribution in [0.1, 0.15) is 6.92 Å². The highest BCUT2D eigenvalue weighted by molar-refractivity contribution is 14.1. The lowest BCUT2D eigenvalue weighted by Crippen LogP contribution is -2.40. The maximum atomic E-state index is 4.93. The van der Waals surface area contributed by atoms with E-state index in [1.807, 2.05) is 0 Å². The van der Waals surface area contributed by atoms with Crippen molar-refractivity contribution in [3.8, 4) is 0 Å². The number of rotatable bonds is 0. The number of alkyl halides is 1. The molecule has 0 saturated carbocycles. The molecule has 2 heteroatoms. The van der Waals surface area contributed by atoms with Gasteiger partial charge >= 0.3 is 0 Å². The SMILES string of the molecule is CC1(I)COC1. The molecule has 0 aromatic carbocycles. The second-order valence-corrected chi connectivity index (χ2v) is 4.51. The van der Waals surface area contributed by atoms with Crippen molar-refractivity contribution in [2.24, 2.45) is 0 Å². The van der Waals surface area contributed by atoms with Crippen LogP contribution < -0.4 is 0 Å². The molecule has 1 aliphatic rings. The Morgan fingerprint density at radius 1 is 1.67 bits per heavy atom. The molecule has 1 saturated heterocycles. The number of halogens is 1. The fraction of sp³-hybridized carbons (Fsp3) is 1.00. The first-order valence-electron chi connectivity index (χ1n) is 1.97. The van der Waals surface area contributed by atoms with Gasteiger partial charge < -0.3 is 4.74 Å². The van der Waals surface area contributed by atoms with E-state index < -0.39 is 0 Å². The van der Waals surface area contributed by atoms with Crippen LogP contribution in [0.25, 0.3) is 0 Å². The van der Waals surface area contributed by atoms with E-state index in [4.69, 9.17) is 4.74 Å². The molecule has 0 bridgehead atoms. The van der Waals surface area contributed by atoms with Crippen LogP contribution in [0, 0.1) is 0 Å². The summed E-state index contributed by atoms with van der Waals surface area (Å²) in [6, 6.07) is 0. The zero-order valence-electron chi connectivity index (χ0n) is 3.70. The van der Waals surface area contributed by atoms with Crippen LogP contribution in [0.4, 0.5) is 0 Å². The van der Waals surface area contributed by atoms with Gasteiger partial charge in [-0.3, -0.25) is 0 Å². The van der Waals surface area contributed by atoms with E-state index in [2.05, 4.69) is 29.5 Å². The maximum absolute atomic E-state index is 4.93. The van der Waals surface area contributed by atoms with Gasteiger partial charge in [0.25, 0.3) is 0 Å². The van der Waals surface area contributed by atoms with E-state index in [0.29, 0.717) is 3.42 Å². The monoisotopic (exact) mass is 198 g/mol. The molecule has 0 N–H and O–H groups in total. The fourth-order valence-electron chi connectivity index (χ4n) is 0.383. The first-order valence-corrected chi connectivity index (χ1v) is 3.05. The molecule has 1 fully saturated rings. The number of ether oxygens (including phenoxy) is 1. The molecular weight excluding hydrogens is 191 g/mol. The molecule has 36 valence electrons. The number of hydrogen-bond donors (Lipinski definition) is 0. The fourth-order valence-corrected chi connectivity index (χ4v) is 0.824. The summed E-state index contributed by atoms with van der Waals surface area (Å²) in [6.07, 6.45) is 0. The van der Waals surface area contributed by atoms with Crippen LogP contribution in [-0.4, -0.2) is 16.6 Å². The third kappa shape index (κ3) is 0.846. The van der Waals surface area contributed by atoms with Crippen molar-refractivity contribution < 1.29 is 4.74 Å². The quantitative estimate of drug-likeness (QED) is 0.420. The molecule has 0 unspecified atom stereocenters. The Hall–Kier alpha value is 0.690. The molecule has 0 radical (unpaired) electrons. The Labute approximate surface area is 51.2 Å². The minimum Gasteiger partial charge on any atom is -0.379 e. The van der Waals surface area contributed by atoms with Crippen molar-refractivity contribution >= 4 is 22.6 Å². The lowest BCUT2D eigenvalue weighted by Gasteiger charge is -2.31. The summed E-state index contributed by atoms with van der Waals surface area (Å²) in [4.78, 5) is 0. The summed E-state index contributed by atoms with van der Waals surface area (Å²) in [7, 11) is 0. The average molecular weight is 198 g/mol. The van der Waals surface area contributed by atoms with Crippen molar-refractivity contribution in [1.29, 1.82) is 0 Å². The third-order valence-corrected chi connectivity index (χ3v) is 1.43. The van der Waals surface area contributed by atoms with Gasteiger partial charge in [-0.2, -0.15) is 0 Å². The van der Waals surface area contributed by atoms with Gasteiger partial charge in [-0.05, 0) is 6.92 Å². The van der Waals surface area contributed by atoms with Crippen LogP contribution in [0.3, 0.4) is 0 Å². The topological polar surface area (TPSA) is 9.23 Å². The van der Waals surface area contributed by atoms with Gasteiger partial charge in [0.2, 0.25) is 0 Å². The molecule has 0 spiro atoms. The summed E-state index contributed by atoms with van der Waals surface area (Å²) >= 11 is 2.40. The molecule has 0 aliphatic carbocycles. The molecule has 0 aromatic rings. The van der Waals surface area contributed by atoms with E-state index in [-0.39, 0.29) is 0 Å². The summed E-state index contributed by atoms with van der Waals surface area (Å²) in [5.41, 5.74) is 0. The summed E-state index contributed by atoms with van der Waals surface area (Å²) in [6.45, 7) is 4.07. The summed E-state index contributed by atoms with van der Waals surface area (Å²) < 4.78 is 5.40. The Morgan fingerprint density at radius 2 is 2.00 bits per heavy atom. The average Bonchev–Trinajstić information content (AvgIpc) is 1.32. The second kappa shape index (κ2) is 1.33. The van der Waals surface area contributed by atoms with Gasteiger partial charge in [0.05, 0.1) is 16.6 Å². The zero-order chi connectivity index (χ0) is 4.62. The Bertz CT molecular complexity index is 54.6. The second-order valence-electron chi connectivity index (χ2n) is 1.91. The van der Waals surface area contributed by atoms with Crippen LogP contribution in [-0.2, 0) is 4.74 Å². The van der Waals surface area contributed by atoms with Gasteiger partial charge in [-0.25, -0.2) is 0 Å². The summed E-state index contributed by atoms with van der Waals surface area (Å²) in [5, 5.41) is 0. The molecule has 0 atom stereocenters. The third-order valence-electron chi connectivity index (χ3n) is 0.806. The highest BCUT2D eigenvalue weighted by Crippen LogP contribution is 2.26. The van der Waals surface area contributed by atoms with Crippen molar-refractivity contribution in [3.63, 3.8) is 0 Å². The van der Waals surface area contributed by atoms with E-state index >= 15 is 0 Å². The van der Waals surface area contributed by atoms with E-state index in [0.717, 1.165) is 13.2 Å². The number of hydrogen-bond acceptors (Lipinski definition) is 1. The lowest BCUT2D eigenvalue weighted by atomic mass is 10.2. The van der Waals surface area contributed by atoms with E-state index in [1.54, 1.807) is 0 Å². The molecule has 6 heavy (non-hydrogen) atoms. The van der Waals surface area contributed by atoms with Gasteiger partial charge in [0, 0.05) is 0 Å². The minimum atomic E-state index is 0.470. The highest BCUT2D eigenvalue weighted by Gasteiger charge is 2.28. The molecular formula is C4H7IO. The van der Waals surface area contributed by atoms with Crippen LogP contribution in [0.5, 0.6) is 0 Å². The molecule has 1 nitrogen and oxygen atoms in total. The van der Waals surface area contributed by atoms with Gasteiger partial charge in [-0.1, -0.05) is 22.6 Å². The Kier molecular flexibility index (Phi) is 1.08. The Morgan fingerprint density at radius 3 is 2.00 bits per heavy atom. The predicted molar refractivity (Wildman–Crippen MR) is 33.2 cm³/mol. The normalized spacial score (nSPS) is 29.0. The van der Waals surface area contributed by atoms with Crippen molar-refractivity contribution in [1.82, 2.24) is 0 Å². The standard InChI is InChI=1S/C4H7IO/c1-4(5)2-6-3-4/h2-3H2,1H3. The van der Waals surface area contributed by atoms with Crippen LogP contribution in [0.2, 0.25) is 0 Å². The minimum absolute atomic E-state index is 0.470. The van der Waals surface area contributed by atoms with Crippen LogP contribution in [0.15, 0.2) is 0 Å². The molecule has 0 amide bonds. The van der Waals surface area contributed by atoms with Crippen LogP contribution >= 0.6 is 22.6 Å². The zero-order valence-corrected chi connectivity index (χ0v) is 5.86. The van der Waals surface area contributed by atoms with E-state index in [9.17, 15) is 0 Å². The first kappa shape index (κ1) is 4.84. The van der Waals surface area contributed by atoms with Crippen molar-refractivity contribution in [2.75, 3.05) is 13.2 Å². The van der Waals surface area contributed by atoms with Crippen molar-refractivity contribution in [3.05, 3.63) is 0 Å². The van der Waals surface area contributed by atoms with Gasteiger partial charge in [0.1, 0.15) is 0 Å². The Balaban J connectivity index is 2.31. The highest BCUT2D eigenvalue weighted by atomic mass is 127. The maximum Gasteiger partial charge on any atom is 0.0660 e. The van der Waals surface area contributed by atoms with E-state index in [1.165, 1.54) is 0 Å². The predicted octanol–water partition coefficient (Wildman–Crippen LogP) is 1.21. The first-order chi connectivity index (χ1) is 2.71. The lowest BCUT2D eigenvalue weighted by molar-refractivity contribution is 0.00868.